The molecule has 0 N–H and O–H groups in total. The Hall–Kier alpha value is -2.73. The zero-order valence-electron chi connectivity index (χ0n) is 12.4. The van der Waals surface area contributed by atoms with E-state index >= 15 is 0 Å². The first kappa shape index (κ1) is 13.9. The fourth-order valence-corrected chi connectivity index (χ4v) is 3.69. The van der Waals surface area contributed by atoms with Crippen LogP contribution in [-0.2, 0) is 6.42 Å². The van der Waals surface area contributed by atoms with Crippen molar-refractivity contribution in [2.24, 2.45) is 0 Å². The molecule has 4 rings (SSSR count). The van der Waals surface area contributed by atoms with E-state index < -0.39 is 0 Å². The van der Waals surface area contributed by atoms with E-state index in [-0.39, 0.29) is 10.6 Å². The third-order valence-electron chi connectivity index (χ3n) is 3.95. The summed E-state index contributed by atoms with van der Waals surface area (Å²) in [5.41, 5.74) is 4.34. The number of benzene rings is 2. The van der Waals surface area contributed by atoms with Gasteiger partial charge in [0.2, 0.25) is 0 Å². The molecular formula is C17H13N3O2S. The summed E-state index contributed by atoms with van der Waals surface area (Å²) < 4.78 is 2.86. The Bertz CT molecular complexity index is 1030. The van der Waals surface area contributed by atoms with Gasteiger partial charge in [0.1, 0.15) is 0 Å². The van der Waals surface area contributed by atoms with Crippen molar-refractivity contribution in [2.45, 2.75) is 13.3 Å². The van der Waals surface area contributed by atoms with Gasteiger partial charge in [-0.25, -0.2) is 4.98 Å². The van der Waals surface area contributed by atoms with Crippen LogP contribution in [0.15, 0.2) is 48.7 Å². The Kier molecular flexibility index (Phi) is 3.12. The molecule has 6 heteroatoms. The van der Waals surface area contributed by atoms with Gasteiger partial charge in [0.05, 0.1) is 20.8 Å². The molecule has 0 aliphatic rings. The van der Waals surface area contributed by atoms with Crippen LogP contribution < -0.4 is 0 Å². The molecular weight excluding hydrogens is 310 g/mol. The van der Waals surface area contributed by atoms with E-state index in [1.807, 2.05) is 10.6 Å². The summed E-state index contributed by atoms with van der Waals surface area (Å²) in [5, 5.41) is 10.9. The minimum absolute atomic E-state index is 0.109. The van der Waals surface area contributed by atoms with Crippen LogP contribution >= 0.6 is 11.3 Å². The Labute approximate surface area is 136 Å². The highest BCUT2D eigenvalue weighted by Crippen LogP contribution is 2.31. The van der Waals surface area contributed by atoms with Crippen molar-refractivity contribution in [3.63, 3.8) is 0 Å². The highest BCUT2D eigenvalue weighted by atomic mass is 32.1. The predicted molar refractivity (Wildman–Crippen MR) is 92.0 cm³/mol. The summed E-state index contributed by atoms with van der Waals surface area (Å²) in [5.74, 6) is 0. The third-order valence-corrected chi connectivity index (χ3v) is 4.96. The molecule has 2 aromatic heterocycles. The molecule has 0 aliphatic heterocycles. The Morgan fingerprint density at radius 3 is 2.70 bits per heavy atom. The van der Waals surface area contributed by atoms with Gasteiger partial charge >= 0.3 is 0 Å². The van der Waals surface area contributed by atoms with Crippen LogP contribution in [-0.4, -0.2) is 14.3 Å². The summed E-state index contributed by atoms with van der Waals surface area (Å²) in [4.78, 5) is 16.0. The van der Waals surface area contributed by atoms with Gasteiger partial charge in [-0.05, 0) is 18.1 Å². The molecule has 5 nitrogen and oxygen atoms in total. The fraction of sp³-hybridized carbons (Fsp3) is 0.118. The largest absolute Gasteiger partial charge is 0.290 e. The highest BCUT2D eigenvalue weighted by Gasteiger charge is 2.13. The molecule has 0 fully saturated rings. The summed E-state index contributed by atoms with van der Waals surface area (Å²) in [6, 6.07) is 13.3. The third kappa shape index (κ3) is 2.27. The van der Waals surface area contributed by atoms with E-state index in [0.717, 1.165) is 32.9 Å². The van der Waals surface area contributed by atoms with Crippen molar-refractivity contribution >= 4 is 32.2 Å². The second-order valence-corrected chi connectivity index (χ2v) is 6.35. The van der Waals surface area contributed by atoms with Gasteiger partial charge in [0, 0.05) is 23.9 Å². The van der Waals surface area contributed by atoms with E-state index in [9.17, 15) is 10.1 Å². The molecule has 23 heavy (non-hydrogen) atoms. The van der Waals surface area contributed by atoms with Gasteiger partial charge in [0.15, 0.2) is 4.96 Å². The smallest absolute Gasteiger partial charge is 0.270 e. The van der Waals surface area contributed by atoms with E-state index in [1.165, 1.54) is 23.0 Å². The standard InChI is InChI=1S/C17H13N3O2S/c1-2-11-3-5-12(6-4-11)14-10-19-15-8-7-13(20(21)22)9-16(15)23-17(19)18-14/h3-10H,2H2,1H3. The summed E-state index contributed by atoms with van der Waals surface area (Å²) in [7, 11) is 0. The summed E-state index contributed by atoms with van der Waals surface area (Å²) >= 11 is 1.46. The number of non-ortho nitro benzene ring substituents is 1. The van der Waals surface area contributed by atoms with E-state index in [4.69, 9.17) is 0 Å². The molecule has 4 aromatic rings. The molecule has 0 saturated carbocycles. The van der Waals surface area contributed by atoms with E-state index in [0.29, 0.717) is 0 Å². The minimum Gasteiger partial charge on any atom is -0.290 e. The number of hydrogen-bond donors (Lipinski definition) is 0. The first-order valence-electron chi connectivity index (χ1n) is 7.31. The van der Waals surface area contributed by atoms with Crippen molar-refractivity contribution < 1.29 is 4.92 Å². The van der Waals surface area contributed by atoms with E-state index in [2.05, 4.69) is 36.2 Å². The SMILES string of the molecule is CCc1ccc(-c2cn3c(n2)sc2cc([N+](=O)[O-])ccc23)cc1. The lowest BCUT2D eigenvalue weighted by molar-refractivity contribution is -0.384. The topological polar surface area (TPSA) is 60.4 Å². The number of thiazole rings is 1. The lowest BCUT2D eigenvalue weighted by atomic mass is 10.1. The van der Waals surface area contributed by atoms with Crippen LogP contribution in [0.25, 0.3) is 26.4 Å². The number of nitro groups is 1. The monoisotopic (exact) mass is 323 g/mol. The maximum Gasteiger partial charge on any atom is 0.270 e. The number of imidazole rings is 1. The second kappa shape index (κ2) is 5.17. The average Bonchev–Trinajstić information content (AvgIpc) is 3.12. The molecule has 2 aromatic carbocycles. The summed E-state index contributed by atoms with van der Waals surface area (Å²) in [6.45, 7) is 2.13. The average molecular weight is 323 g/mol. The van der Waals surface area contributed by atoms with Crippen LogP contribution in [0, 0.1) is 10.1 Å². The first-order valence-corrected chi connectivity index (χ1v) is 8.12. The van der Waals surface area contributed by atoms with E-state index in [1.54, 1.807) is 12.1 Å². The molecule has 0 radical (unpaired) electrons. The van der Waals surface area contributed by atoms with Gasteiger partial charge < -0.3 is 0 Å². The van der Waals surface area contributed by atoms with Crippen molar-refractivity contribution in [1.29, 1.82) is 0 Å². The van der Waals surface area contributed by atoms with Gasteiger partial charge in [-0.15, -0.1) is 0 Å². The normalized spacial score (nSPS) is 11.3. The highest BCUT2D eigenvalue weighted by molar-refractivity contribution is 7.23. The van der Waals surface area contributed by atoms with Crippen LogP contribution in [0.5, 0.6) is 0 Å². The number of nitro benzene ring substituents is 1. The Balaban J connectivity index is 1.83. The molecule has 114 valence electrons. The molecule has 0 unspecified atom stereocenters. The number of fused-ring (bicyclic) bond motifs is 3. The predicted octanol–water partition coefficient (Wildman–Crippen LogP) is 4.69. The van der Waals surface area contributed by atoms with Crippen LogP contribution in [0.3, 0.4) is 0 Å². The van der Waals surface area contributed by atoms with Gasteiger partial charge in [0.25, 0.3) is 5.69 Å². The van der Waals surface area contributed by atoms with Gasteiger partial charge in [-0.2, -0.15) is 0 Å². The van der Waals surface area contributed by atoms with Crippen molar-refractivity contribution in [2.75, 3.05) is 0 Å². The van der Waals surface area contributed by atoms with Crippen LogP contribution in [0.4, 0.5) is 5.69 Å². The molecule has 2 heterocycles. The van der Waals surface area contributed by atoms with Crippen LogP contribution in [0.1, 0.15) is 12.5 Å². The Morgan fingerprint density at radius 2 is 2.00 bits per heavy atom. The zero-order valence-corrected chi connectivity index (χ0v) is 13.2. The minimum atomic E-state index is -0.372. The number of hydrogen-bond acceptors (Lipinski definition) is 4. The number of aromatic nitrogens is 2. The molecule has 0 amide bonds. The molecule has 0 atom stereocenters. The Morgan fingerprint density at radius 1 is 1.22 bits per heavy atom. The van der Waals surface area contributed by atoms with Gasteiger partial charge in [-0.1, -0.05) is 42.5 Å². The number of rotatable bonds is 3. The van der Waals surface area contributed by atoms with Gasteiger partial charge in [-0.3, -0.25) is 14.5 Å². The fourth-order valence-electron chi connectivity index (χ4n) is 2.65. The number of nitrogens with zero attached hydrogens (tertiary/aromatic N) is 3. The maximum absolute atomic E-state index is 10.9. The summed E-state index contributed by atoms with van der Waals surface area (Å²) in [6.07, 6.45) is 3.00. The lowest BCUT2D eigenvalue weighted by Gasteiger charge is -1.99. The molecule has 0 saturated heterocycles. The van der Waals surface area contributed by atoms with Crippen LogP contribution in [0.2, 0.25) is 0 Å². The quantitative estimate of drug-likeness (QED) is 0.406. The molecule has 0 spiro atoms. The molecule has 0 bridgehead atoms. The lowest BCUT2D eigenvalue weighted by Crippen LogP contribution is -1.86. The van der Waals surface area contributed by atoms with Crippen molar-refractivity contribution in [3.05, 3.63) is 64.3 Å². The zero-order chi connectivity index (χ0) is 16.0. The van der Waals surface area contributed by atoms with Crippen molar-refractivity contribution in [1.82, 2.24) is 9.38 Å². The first-order chi connectivity index (χ1) is 11.2. The maximum atomic E-state index is 10.9. The molecule has 0 aliphatic carbocycles. The second-order valence-electron chi connectivity index (χ2n) is 5.34. The van der Waals surface area contributed by atoms with Crippen molar-refractivity contribution in [3.8, 4) is 11.3 Å². The number of aryl methyl sites for hydroxylation is 1.